The van der Waals surface area contributed by atoms with Gasteiger partial charge in [0.2, 0.25) is 0 Å². The number of fused-ring (bicyclic) bond motifs is 4. The number of anilines is 4. The van der Waals surface area contributed by atoms with Gasteiger partial charge in [-0.25, -0.2) is 0 Å². The molecule has 2 nitrogen and oxygen atoms in total. The summed E-state index contributed by atoms with van der Waals surface area (Å²) in [4.78, 5) is 5.04. The fraction of sp³-hybridized carbons (Fsp3) is 0.0690. The van der Waals surface area contributed by atoms with E-state index in [4.69, 9.17) is 0 Å². The van der Waals surface area contributed by atoms with Gasteiger partial charge >= 0.3 is 0 Å². The van der Waals surface area contributed by atoms with E-state index >= 15 is 0 Å². The highest BCUT2D eigenvalue weighted by molar-refractivity contribution is 5.97. The quantitative estimate of drug-likeness (QED) is 0.152. The molecule has 286 valence electrons. The molecule has 0 fully saturated rings. The summed E-state index contributed by atoms with van der Waals surface area (Å²) < 4.78 is 0. The number of nitrogens with zero attached hydrogens (tertiary/aromatic N) is 2. The SMILES string of the molecule is C1=CC(c2ccc(N3c4ccccc4C4C=CC=CC43)cc2)C(N(c2ccc(-c3cccc(-c4cccc5ccccc45)c3)cc2)c2cccc(-c3ccccc3)c2)C=C1. The summed E-state index contributed by atoms with van der Waals surface area (Å²) in [5.74, 6) is 0.485. The van der Waals surface area contributed by atoms with E-state index in [0.29, 0.717) is 5.92 Å². The minimum absolute atomic E-state index is 0.0377. The van der Waals surface area contributed by atoms with E-state index in [1.807, 2.05) is 0 Å². The molecule has 0 saturated heterocycles. The summed E-state index contributed by atoms with van der Waals surface area (Å²) in [5.41, 5.74) is 14.8. The smallest absolute Gasteiger partial charge is 0.0629 e. The van der Waals surface area contributed by atoms with Gasteiger partial charge in [-0.05, 0) is 104 Å². The molecule has 1 heterocycles. The molecule has 11 rings (SSSR count). The number of allylic oxidation sites excluding steroid dienone is 4. The molecule has 0 aromatic heterocycles. The molecule has 8 aromatic carbocycles. The van der Waals surface area contributed by atoms with Crippen LogP contribution in [0.3, 0.4) is 0 Å². The molecule has 2 aliphatic carbocycles. The van der Waals surface area contributed by atoms with Crippen LogP contribution in [0, 0.1) is 0 Å². The van der Waals surface area contributed by atoms with Gasteiger partial charge in [-0.15, -0.1) is 0 Å². The second kappa shape index (κ2) is 15.4. The van der Waals surface area contributed by atoms with Crippen LogP contribution in [-0.2, 0) is 0 Å². The van der Waals surface area contributed by atoms with Gasteiger partial charge in [0.1, 0.15) is 0 Å². The monoisotopic (exact) mass is 768 g/mol. The van der Waals surface area contributed by atoms with E-state index in [-0.39, 0.29) is 18.0 Å². The molecule has 1 aliphatic heterocycles. The lowest BCUT2D eigenvalue weighted by atomic mass is 9.86. The van der Waals surface area contributed by atoms with Gasteiger partial charge in [-0.1, -0.05) is 194 Å². The Kier molecular flexibility index (Phi) is 9.17. The molecule has 4 atom stereocenters. The summed E-state index contributed by atoms with van der Waals surface area (Å²) in [6, 6.07) is 71.6. The van der Waals surface area contributed by atoms with Gasteiger partial charge in [-0.2, -0.15) is 0 Å². The van der Waals surface area contributed by atoms with Gasteiger partial charge in [0.05, 0.1) is 12.1 Å². The summed E-state index contributed by atoms with van der Waals surface area (Å²) in [6.45, 7) is 0. The van der Waals surface area contributed by atoms with Crippen molar-refractivity contribution in [1.82, 2.24) is 0 Å². The van der Waals surface area contributed by atoms with Crippen molar-refractivity contribution in [3.63, 3.8) is 0 Å². The van der Waals surface area contributed by atoms with Crippen molar-refractivity contribution in [1.29, 1.82) is 0 Å². The molecule has 8 aromatic rings. The van der Waals surface area contributed by atoms with E-state index in [1.54, 1.807) is 0 Å². The molecule has 0 N–H and O–H groups in total. The van der Waals surface area contributed by atoms with Gasteiger partial charge in [0.15, 0.2) is 0 Å². The number of para-hydroxylation sites is 1. The normalized spacial score (nSPS) is 18.7. The van der Waals surface area contributed by atoms with Crippen LogP contribution in [0.25, 0.3) is 44.2 Å². The number of rotatable bonds is 8. The lowest BCUT2D eigenvalue weighted by Gasteiger charge is -2.38. The van der Waals surface area contributed by atoms with E-state index in [0.717, 1.165) is 11.4 Å². The molecule has 3 aliphatic rings. The number of benzene rings is 8. The maximum Gasteiger partial charge on any atom is 0.0629 e. The fourth-order valence-electron chi connectivity index (χ4n) is 9.71. The molecule has 0 amide bonds. The molecule has 2 heteroatoms. The zero-order chi connectivity index (χ0) is 39.8. The maximum absolute atomic E-state index is 2.53. The summed E-state index contributed by atoms with van der Waals surface area (Å²) in [7, 11) is 0. The Bertz CT molecular complexity index is 2950. The highest BCUT2D eigenvalue weighted by Crippen LogP contribution is 2.48. The summed E-state index contributed by atoms with van der Waals surface area (Å²) in [6.07, 6.45) is 18.2. The Morgan fingerprint density at radius 3 is 1.90 bits per heavy atom. The average Bonchev–Trinajstić information content (AvgIpc) is 3.67. The van der Waals surface area contributed by atoms with Gasteiger partial charge in [0.25, 0.3) is 0 Å². The van der Waals surface area contributed by atoms with Crippen LogP contribution in [-0.4, -0.2) is 12.1 Å². The van der Waals surface area contributed by atoms with E-state index in [1.165, 1.54) is 66.7 Å². The van der Waals surface area contributed by atoms with Crippen molar-refractivity contribution < 1.29 is 0 Å². The third-order valence-electron chi connectivity index (χ3n) is 12.6. The summed E-state index contributed by atoms with van der Waals surface area (Å²) >= 11 is 0. The molecular formula is C58H44N2. The predicted octanol–water partition coefficient (Wildman–Crippen LogP) is 15.0. The highest BCUT2D eigenvalue weighted by Gasteiger charge is 2.37. The topological polar surface area (TPSA) is 6.48 Å². The van der Waals surface area contributed by atoms with E-state index in [9.17, 15) is 0 Å². The van der Waals surface area contributed by atoms with Crippen molar-refractivity contribution in [2.24, 2.45) is 0 Å². The second-order valence-corrected chi connectivity index (χ2v) is 16.0. The Labute approximate surface area is 353 Å². The second-order valence-electron chi connectivity index (χ2n) is 16.0. The Morgan fingerprint density at radius 2 is 1.03 bits per heavy atom. The first kappa shape index (κ1) is 35.7. The molecular weight excluding hydrogens is 725 g/mol. The van der Waals surface area contributed by atoms with Crippen LogP contribution in [0.1, 0.15) is 23.0 Å². The van der Waals surface area contributed by atoms with Crippen molar-refractivity contribution >= 4 is 33.5 Å². The summed E-state index contributed by atoms with van der Waals surface area (Å²) in [5, 5.41) is 2.53. The van der Waals surface area contributed by atoms with Gasteiger partial charge in [0, 0.05) is 34.6 Å². The highest BCUT2D eigenvalue weighted by atomic mass is 15.2. The minimum atomic E-state index is 0.0377. The first-order valence-electron chi connectivity index (χ1n) is 21.1. The Balaban J connectivity index is 0.957. The maximum atomic E-state index is 2.53. The predicted molar refractivity (Wildman–Crippen MR) is 253 cm³/mol. The molecule has 0 bridgehead atoms. The third kappa shape index (κ3) is 6.47. The van der Waals surface area contributed by atoms with Crippen LogP contribution in [0.4, 0.5) is 22.7 Å². The van der Waals surface area contributed by atoms with E-state index < -0.39 is 0 Å². The molecule has 0 saturated carbocycles. The van der Waals surface area contributed by atoms with Crippen molar-refractivity contribution in [3.8, 4) is 33.4 Å². The molecule has 0 spiro atoms. The van der Waals surface area contributed by atoms with Crippen LogP contribution in [0.2, 0.25) is 0 Å². The minimum Gasteiger partial charge on any atom is -0.334 e. The first-order chi connectivity index (χ1) is 29.8. The van der Waals surface area contributed by atoms with Crippen molar-refractivity contribution in [2.75, 3.05) is 9.80 Å². The number of hydrogen-bond donors (Lipinski definition) is 0. The fourth-order valence-corrected chi connectivity index (χ4v) is 9.71. The Hall–Kier alpha value is -7.42. The Morgan fingerprint density at radius 1 is 0.400 bits per heavy atom. The third-order valence-corrected chi connectivity index (χ3v) is 12.6. The standard InChI is InChI=1S/C58H44N2/c1-2-15-41(16-3-1)46-20-13-22-50(40-46)59(48-35-31-42(32-36-48)45-19-12-21-47(39-45)52-27-14-18-43-17-4-5-23-51(43)52)56-28-9-6-24-53(56)44-33-37-49(38-34-44)60-57-29-10-7-25-54(57)55-26-8-11-30-58(55)60/h1-40,53-54,56-57H. The first-order valence-corrected chi connectivity index (χ1v) is 21.1. The van der Waals surface area contributed by atoms with Crippen LogP contribution in [0.15, 0.2) is 243 Å². The average molecular weight is 769 g/mol. The van der Waals surface area contributed by atoms with Crippen molar-refractivity contribution in [3.05, 3.63) is 254 Å². The lowest BCUT2D eigenvalue weighted by molar-refractivity contribution is 0.689. The number of hydrogen-bond acceptors (Lipinski definition) is 2. The largest absolute Gasteiger partial charge is 0.334 e. The lowest BCUT2D eigenvalue weighted by Crippen LogP contribution is -2.35. The van der Waals surface area contributed by atoms with E-state index in [2.05, 4.69) is 253 Å². The molecule has 60 heavy (non-hydrogen) atoms. The molecule has 4 unspecified atom stereocenters. The zero-order valence-electron chi connectivity index (χ0n) is 33.3. The van der Waals surface area contributed by atoms with Crippen molar-refractivity contribution in [2.45, 2.75) is 23.9 Å². The molecule has 0 radical (unpaired) electrons. The van der Waals surface area contributed by atoms with Gasteiger partial charge in [-0.3, -0.25) is 0 Å². The van der Waals surface area contributed by atoms with Crippen LogP contribution in [0.5, 0.6) is 0 Å². The van der Waals surface area contributed by atoms with Crippen LogP contribution >= 0.6 is 0 Å². The van der Waals surface area contributed by atoms with Crippen LogP contribution < -0.4 is 9.80 Å². The van der Waals surface area contributed by atoms with Gasteiger partial charge < -0.3 is 9.80 Å². The zero-order valence-corrected chi connectivity index (χ0v) is 33.3.